The fraction of sp³-hybridized carbons (Fsp3) is 0. The molecule has 0 atom stereocenters. The van der Waals surface area contributed by atoms with Gasteiger partial charge in [0.05, 0.1) is 5.52 Å². The Labute approximate surface area is 89.3 Å². The Hall–Kier alpha value is -1.35. The van der Waals surface area contributed by atoms with E-state index in [1.807, 2.05) is 23.0 Å². The molecule has 0 amide bonds. The van der Waals surface area contributed by atoms with Crippen LogP contribution in [0.3, 0.4) is 0 Å². The van der Waals surface area contributed by atoms with Gasteiger partial charge in [-0.1, -0.05) is 22.0 Å². The Morgan fingerprint density at radius 1 is 1.14 bits per heavy atom. The second-order valence-corrected chi connectivity index (χ2v) is 4.12. The molecule has 2 nitrogen and oxygen atoms in total. The minimum absolute atomic E-state index is 1.10. The van der Waals surface area contributed by atoms with Crippen LogP contribution in [0.1, 0.15) is 0 Å². The summed E-state index contributed by atoms with van der Waals surface area (Å²) in [5, 5.41) is 6.66. The third-order valence-corrected chi connectivity index (χ3v) is 2.85. The van der Waals surface area contributed by atoms with Crippen LogP contribution in [-0.2, 0) is 0 Å². The SMILES string of the molecule is Brc1ccc2ccn3nccc3c2c1. The molecule has 0 saturated heterocycles. The van der Waals surface area contributed by atoms with E-state index in [0.717, 1.165) is 9.99 Å². The monoisotopic (exact) mass is 246 g/mol. The lowest BCUT2D eigenvalue weighted by Gasteiger charge is -2.00. The van der Waals surface area contributed by atoms with Crippen molar-refractivity contribution in [1.82, 2.24) is 9.61 Å². The molecule has 0 aliphatic heterocycles. The van der Waals surface area contributed by atoms with Crippen molar-refractivity contribution in [2.24, 2.45) is 0 Å². The molecule has 0 spiro atoms. The van der Waals surface area contributed by atoms with Crippen molar-refractivity contribution in [3.63, 3.8) is 0 Å². The van der Waals surface area contributed by atoms with Gasteiger partial charge in [0.1, 0.15) is 0 Å². The Morgan fingerprint density at radius 3 is 3.00 bits per heavy atom. The van der Waals surface area contributed by atoms with Crippen LogP contribution in [-0.4, -0.2) is 9.61 Å². The molecule has 2 aromatic heterocycles. The molecule has 0 fully saturated rings. The summed E-state index contributed by atoms with van der Waals surface area (Å²) < 4.78 is 2.98. The molecule has 68 valence electrons. The summed E-state index contributed by atoms with van der Waals surface area (Å²) in [6, 6.07) is 10.4. The molecule has 0 unspecified atom stereocenters. The van der Waals surface area contributed by atoms with Crippen LogP contribution in [0.25, 0.3) is 16.3 Å². The third kappa shape index (κ3) is 1.06. The normalized spacial score (nSPS) is 11.2. The zero-order valence-corrected chi connectivity index (χ0v) is 8.90. The van der Waals surface area contributed by atoms with E-state index in [9.17, 15) is 0 Å². The summed E-state index contributed by atoms with van der Waals surface area (Å²) in [7, 11) is 0. The molecule has 2 heterocycles. The molecule has 0 bridgehead atoms. The lowest BCUT2D eigenvalue weighted by atomic mass is 10.1. The van der Waals surface area contributed by atoms with Gasteiger partial charge < -0.3 is 0 Å². The number of fused-ring (bicyclic) bond motifs is 3. The number of pyridine rings is 1. The highest BCUT2D eigenvalue weighted by Crippen LogP contribution is 2.23. The summed E-state index contributed by atoms with van der Waals surface area (Å²) in [6.45, 7) is 0. The van der Waals surface area contributed by atoms with E-state index in [4.69, 9.17) is 0 Å². The highest BCUT2D eigenvalue weighted by molar-refractivity contribution is 9.10. The first-order valence-electron chi connectivity index (χ1n) is 4.36. The van der Waals surface area contributed by atoms with E-state index < -0.39 is 0 Å². The summed E-state index contributed by atoms with van der Waals surface area (Å²) in [6.07, 6.45) is 3.79. The van der Waals surface area contributed by atoms with Crippen molar-refractivity contribution in [3.05, 3.63) is 47.2 Å². The van der Waals surface area contributed by atoms with Gasteiger partial charge >= 0.3 is 0 Å². The summed E-state index contributed by atoms with van der Waals surface area (Å²) in [4.78, 5) is 0. The van der Waals surface area contributed by atoms with Crippen LogP contribution in [0.4, 0.5) is 0 Å². The number of aromatic nitrogens is 2. The largest absolute Gasteiger partial charge is 0.240 e. The van der Waals surface area contributed by atoms with Crippen LogP contribution in [0.5, 0.6) is 0 Å². The van der Waals surface area contributed by atoms with Gasteiger partial charge in [0.2, 0.25) is 0 Å². The van der Waals surface area contributed by atoms with Crippen molar-refractivity contribution in [1.29, 1.82) is 0 Å². The average Bonchev–Trinajstić information content (AvgIpc) is 2.65. The van der Waals surface area contributed by atoms with Gasteiger partial charge in [0.15, 0.2) is 0 Å². The summed E-state index contributed by atoms with van der Waals surface area (Å²) in [5.74, 6) is 0. The number of benzene rings is 1. The van der Waals surface area contributed by atoms with Gasteiger partial charge in [-0.25, -0.2) is 4.52 Å². The minimum atomic E-state index is 1.10. The first-order valence-corrected chi connectivity index (χ1v) is 5.15. The van der Waals surface area contributed by atoms with Gasteiger partial charge in [-0.2, -0.15) is 5.10 Å². The van der Waals surface area contributed by atoms with Crippen molar-refractivity contribution in [3.8, 4) is 0 Å². The smallest absolute Gasteiger partial charge is 0.0740 e. The molecule has 0 N–H and O–H groups in total. The zero-order chi connectivity index (χ0) is 9.54. The Kier molecular flexibility index (Phi) is 1.61. The fourth-order valence-corrected chi connectivity index (χ4v) is 2.05. The van der Waals surface area contributed by atoms with Gasteiger partial charge in [0.25, 0.3) is 0 Å². The quantitative estimate of drug-likeness (QED) is 0.596. The first-order chi connectivity index (χ1) is 6.84. The number of rotatable bonds is 0. The zero-order valence-electron chi connectivity index (χ0n) is 7.31. The van der Waals surface area contributed by atoms with E-state index >= 15 is 0 Å². The predicted octanol–water partition coefficient (Wildman–Crippen LogP) is 3.25. The van der Waals surface area contributed by atoms with Crippen molar-refractivity contribution < 1.29 is 0 Å². The number of nitrogens with zero attached hydrogens (tertiary/aromatic N) is 2. The molecule has 0 radical (unpaired) electrons. The van der Waals surface area contributed by atoms with Crippen LogP contribution in [0.2, 0.25) is 0 Å². The number of hydrogen-bond acceptors (Lipinski definition) is 1. The molecule has 0 aliphatic carbocycles. The standard InChI is InChI=1S/C11H7BrN2/c12-9-2-1-8-4-6-14-11(3-5-13-14)10(8)7-9/h1-7H. The molecular formula is C11H7BrN2. The Bertz CT molecular complexity index is 613. The van der Waals surface area contributed by atoms with Crippen LogP contribution in [0, 0.1) is 0 Å². The number of hydrogen-bond donors (Lipinski definition) is 0. The topological polar surface area (TPSA) is 17.3 Å². The molecule has 3 rings (SSSR count). The van der Waals surface area contributed by atoms with Crippen molar-refractivity contribution >= 4 is 32.2 Å². The lowest BCUT2D eigenvalue weighted by Crippen LogP contribution is -1.86. The average molecular weight is 247 g/mol. The van der Waals surface area contributed by atoms with E-state index in [1.54, 1.807) is 0 Å². The molecule has 14 heavy (non-hydrogen) atoms. The van der Waals surface area contributed by atoms with Gasteiger partial charge in [-0.15, -0.1) is 0 Å². The predicted molar refractivity (Wildman–Crippen MR) is 60.4 cm³/mol. The van der Waals surface area contributed by atoms with Crippen LogP contribution in [0.15, 0.2) is 47.2 Å². The van der Waals surface area contributed by atoms with Crippen molar-refractivity contribution in [2.75, 3.05) is 0 Å². The molecule has 1 aromatic carbocycles. The lowest BCUT2D eigenvalue weighted by molar-refractivity contribution is 0.967. The van der Waals surface area contributed by atoms with E-state index in [0.29, 0.717) is 0 Å². The Balaban J connectivity index is 2.60. The van der Waals surface area contributed by atoms with Crippen LogP contribution >= 0.6 is 15.9 Å². The number of halogens is 1. The molecule has 3 heteroatoms. The fourth-order valence-electron chi connectivity index (χ4n) is 1.69. The molecule has 0 aliphatic rings. The van der Waals surface area contributed by atoms with Gasteiger partial charge in [-0.3, -0.25) is 0 Å². The highest BCUT2D eigenvalue weighted by atomic mass is 79.9. The van der Waals surface area contributed by atoms with Crippen LogP contribution < -0.4 is 0 Å². The van der Waals surface area contributed by atoms with Gasteiger partial charge in [-0.05, 0) is 29.7 Å². The second-order valence-electron chi connectivity index (χ2n) is 3.21. The van der Waals surface area contributed by atoms with E-state index in [1.165, 1.54) is 10.8 Å². The van der Waals surface area contributed by atoms with Gasteiger partial charge in [0, 0.05) is 22.3 Å². The maximum atomic E-state index is 4.20. The van der Waals surface area contributed by atoms with Crippen molar-refractivity contribution in [2.45, 2.75) is 0 Å². The summed E-state index contributed by atoms with van der Waals surface area (Å²) in [5.41, 5.74) is 1.14. The molecular weight excluding hydrogens is 240 g/mol. The summed E-state index contributed by atoms with van der Waals surface area (Å²) >= 11 is 3.48. The Morgan fingerprint density at radius 2 is 2.07 bits per heavy atom. The second kappa shape index (κ2) is 2.82. The maximum Gasteiger partial charge on any atom is 0.0740 e. The third-order valence-electron chi connectivity index (χ3n) is 2.36. The first kappa shape index (κ1) is 8.00. The molecule has 3 aromatic rings. The highest BCUT2D eigenvalue weighted by Gasteiger charge is 2.00. The minimum Gasteiger partial charge on any atom is -0.240 e. The molecule has 0 saturated carbocycles. The maximum absolute atomic E-state index is 4.20. The van der Waals surface area contributed by atoms with E-state index in [2.05, 4.69) is 45.3 Å². The van der Waals surface area contributed by atoms with E-state index in [-0.39, 0.29) is 0 Å².